The Labute approximate surface area is 184 Å². The molecule has 2 aliphatic heterocycles. The van der Waals surface area contributed by atoms with Crippen molar-refractivity contribution in [3.05, 3.63) is 22.1 Å². The standard InChI is InChI=1S/C21H28N6O3S/c1-13-23-20-16(14-11-21(2,3)30-12-15(14)31-20)18-24-17(25-27(13)18)19(28)22-5-4-6-26-7-9-29-10-8-26/h4-12H2,1-3H3,(H,22,28). The van der Waals surface area contributed by atoms with Gasteiger partial charge in [0.1, 0.15) is 10.7 Å². The summed E-state index contributed by atoms with van der Waals surface area (Å²) in [6.07, 6.45) is 1.68. The lowest BCUT2D eigenvalue weighted by atomic mass is 9.94. The molecule has 9 nitrogen and oxygen atoms in total. The summed E-state index contributed by atoms with van der Waals surface area (Å²) >= 11 is 1.65. The summed E-state index contributed by atoms with van der Waals surface area (Å²) in [5.41, 5.74) is 1.69. The van der Waals surface area contributed by atoms with Crippen LogP contribution in [0.25, 0.3) is 15.9 Å². The van der Waals surface area contributed by atoms with E-state index in [1.807, 2.05) is 6.92 Å². The number of aryl methyl sites for hydroxylation is 1. The van der Waals surface area contributed by atoms with Crippen molar-refractivity contribution in [3.8, 4) is 0 Å². The minimum atomic E-state index is -0.244. The van der Waals surface area contributed by atoms with Gasteiger partial charge in [-0.15, -0.1) is 16.4 Å². The molecule has 0 spiro atoms. The van der Waals surface area contributed by atoms with Crippen LogP contribution < -0.4 is 5.32 Å². The van der Waals surface area contributed by atoms with E-state index < -0.39 is 0 Å². The second-order valence-corrected chi connectivity index (χ2v) is 9.89. The monoisotopic (exact) mass is 444 g/mol. The summed E-state index contributed by atoms with van der Waals surface area (Å²) in [7, 11) is 0. The van der Waals surface area contributed by atoms with Gasteiger partial charge >= 0.3 is 0 Å². The van der Waals surface area contributed by atoms with Crippen molar-refractivity contribution in [2.75, 3.05) is 39.4 Å². The lowest BCUT2D eigenvalue weighted by molar-refractivity contribution is -0.0379. The van der Waals surface area contributed by atoms with Gasteiger partial charge in [0.25, 0.3) is 5.91 Å². The normalized spacial score (nSPS) is 19.1. The molecule has 0 radical (unpaired) electrons. The van der Waals surface area contributed by atoms with Gasteiger partial charge in [-0.25, -0.2) is 9.97 Å². The zero-order valence-corrected chi connectivity index (χ0v) is 19.0. The van der Waals surface area contributed by atoms with Crippen LogP contribution in [0.15, 0.2) is 0 Å². The second-order valence-electron chi connectivity index (χ2n) is 8.80. The van der Waals surface area contributed by atoms with Crippen molar-refractivity contribution < 1.29 is 14.3 Å². The molecule has 3 aromatic heterocycles. The second kappa shape index (κ2) is 8.09. The van der Waals surface area contributed by atoms with E-state index in [1.54, 1.807) is 15.9 Å². The minimum absolute atomic E-state index is 0.190. The zero-order valence-electron chi connectivity index (χ0n) is 18.2. The quantitative estimate of drug-likeness (QED) is 0.601. The first-order valence-electron chi connectivity index (χ1n) is 10.8. The number of rotatable bonds is 5. The number of nitrogens with one attached hydrogen (secondary N) is 1. The van der Waals surface area contributed by atoms with Crippen molar-refractivity contribution >= 4 is 33.1 Å². The molecule has 1 saturated heterocycles. The van der Waals surface area contributed by atoms with E-state index in [0.717, 1.165) is 61.7 Å². The molecule has 0 aromatic carbocycles. The average Bonchev–Trinajstić information content (AvgIpc) is 3.33. The number of hydrogen-bond acceptors (Lipinski definition) is 8. The van der Waals surface area contributed by atoms with Crippen LogP contribution in [-0.4, -0.2) is 75.4 Å². The van der Waals surface area contributed by atoms with Crippen LogP contribution in [0.2, 0.25) is 0 Å². The molecule has 0 aliphatic carbocycles. The van der Waals surface area contributed by atoms with Crippen LogP contribution in [0.1, 0.15) is 47.2 Å². The number of fused-ring (bicyclic) bond motifs is 5. The van der Waals surface area contributed by atoms with E-state index in [1.165, 1.54) is 10.4 Å². The maximum Gasteiger partial charge on any atom is 0.290 e. The van der Waals surface area contributed by atoms with E-state index in [0.29, 0.717) is 18.8 Å². The summed E-state index contributed by atoms with van der Waals surface area (Å²) in [6.45, 7) is 11.7. The van der Waals surface area contributed by atoms with Crippen LogP contribution in [-0.2, 0) is 22.5 Å². The van der Waals surface area contributed by atoms with E-state index >= 15 is 0 Å². The third kappa shape index (κ3) is 4.05. The predicted molar refractivity (Wildman–Crippen MR) is 118 cm³/mol. The molecule has 10 heteroatoms. The van der Waals surface area contributed by atoms with Gasteiger partial charge < -0.3 is 14.8 Å². The fraction of sp³-hybridized carbons (Fsp3) is 0.619. The topological polar surface area (TPSA) is 93.9 Å². The SMILES string of the molecule is Cc1nc2sc3c(c2c2nc(C(=O)NCCCN4CCOCC4)nn12)CC(C)(C)OC3. The van der Waals surface area contributed by atoms with Crippen molar-refractivity contribution in [3.63, 3.8) is 0 Å². The number of hydrogen-bond donors (Lipinski definition) is 1. The number of carbonyl (C=O) groups is 1. The van der Waals surface area contributed by atoms with Crippen LogP contribution in [0, 0.1) is 6.92 Å². The zero-order chi connectivity index (χ0) is 21.6. The average molecular weight is 445 g/mol. The number of ether oxygens (including phenoxy) is 2. The molecule has 0 bridgehead atoms. The maximum atomic E-state index is 12.7. The molecule has 1 amide bonds. The molecule has 1 N–H and O–H groups in total. The van der Waals surface area contributed by atoms with Crippen LogP contribution in [0.5, 0.6) is 0 Å². The summed E-state index contributed by atoms with van der Waals surface area (Å²) < 4.78 is 13.0. The lowest BCUT2D eigenvalue weighted by Gasteiger charge is -2.30. The summed E-state index contributed by atoms with van der Waals surface area (Å²) in [6, 6.07) is 0. The molecular weight excluding hydrogens is 416 g/mol. The van der Waals surface area contributed by atoms with E-state index in [2.05, 4.69) is 34.1 Å². The first kappa shape index (κ1) is 20.7. The first-order chi connectivity index (χ1) is 14.9. The molecule has 0 unspecified atom stereocenters. The van der Waals surface area contributed by atoms with E-state index in [-0.39, 0.29) is 17.3 Å². The third-order valence-electron chi connectivity index (χ3n) is 5.91. The van der Waals surface area contributed by atoms with Crippen LogP contribution >= 0.6 is 11.3 Å². The Hall–Kier alpha value is -2.14. The van der Waals surface area contributed by atoms with Crippen LogP contribution in [0.4, 0.5) is 0 Å². The molecule has 3 aromatic rings. The number of amides is 1. The molecular formula is C21H28N6O3S. The lowest BCUT2D eigenvalue weighted by Crippen LogP contribution is -2.38. The highest BCUT2D eigenvalue weighted by Crippen LogP contribution is 2.39. The van der Waals surface area contributed by atoms with E-state index in [4.69, 9.17) is 14.5 Å². The molecule has 0 saturated carbocycles. The van der Waals surface area contributed by atoms with Crippen LogP contribution in [0.3, 0.4) is 0 Å². The van der Waals surface area contributed by atoms with Crippen molar-refractivity contribution in [1.82, 2.24) is 29.8 Å². The van der Waals surface area contributed by atoms with Crippen molar-refractivity contribution in [2.24, 2.45) is 0 Å². The Balaban J connectivity index is 1.36. The highest BCUT2D eigenvalue weighted by molar-refractivity contribution is 7.19. The number of morpholine rings is 1. The smallest absolute Gasteiger partial charge is 0.290 e. The molecule has 5 heterocycles. The third-order valence-corrected chi connectivity index (χ3v) is 7.01. The van der Waals surface area contributed by atoms with Crippen molar-refractivity contribution in [2.45, 2.75) is 45.8 Å². The highest BCUT2D eigenvalue weighted by atomic mass is 32.1. The van der Waals surface area contributed by atoms with Gasteiger partial charge in [0, 0.05) is 30.9 Å². The summed E-state index contributed by atoms with van der Waals surface area (Å²) in [5.74, 6) is 0.668. The Morgan fingerprint density at radius 2 is 2.06 bits per heavy atom. The predicted octanol–water partition coefficient (Wildman–Crippen LogP) is 1.95. The Morgan fingerprint density at radius 3 is 2.87 bits per heavy atom. The molecule has 0 atom stereocenters. The molecule has 31 heavy (non-hydrogen) atoms. The summed E-state index contributed by atoms with van der Waals surface area (Å²) in [5, 5.41) is 8.44. The van der Waals surface area contributed by atoms with E-state index in [9.17, 15) is 4.79 Å². The van der Waals surface area contributed by atoms with Gasteiger partial charge in [-0.1, -0.05) is 0 Å². The van der Waals surface area contributed by atoms with Crippen molar-refractivity contribution in [1.29, 1.82) is 0 Å². The van der Waals surface area contributed by atoms with Gasteiger partial charge in [-0.2, -0.15) is 4.52 Å². The molecule has 1 fully saturated rings. The number of carbonyl (C=O) groups excluding carboxylic acids is 1. The maximum absolute atomic E-state index is 12.7. The first-order valence-corrected chi connectivity index (χ1v) is 11.6. The molecule has 5 rings (SSSR count). The fourth-order valence-corrected chi connectivity index (χ4v) is 5.39. The largest absolute Gasteiger partial charge is 0.379 e. The summed E-state index contributed by atoms with van der Waals surface area (Å²) in [4.78, 5) is 26.6. The molecule has 2 aliphatic rings. The molecule has 166 valence electrons. The Bertz CT molecular complexity index is 1130. The number of nitrogens with zero attached hydrogens (tertiary/aromatic N) is 5. The highest BCUT2D eigenvalue weighted by Gasteiger charge is 2.31. The number of thiophene rings is 1. The Kier molecular flexibility index (Phi) is 5.41. The van der Waals surface area contributed by atoms with Gasteiger partial charge in [-0.3, -0.25) is 9.69 Å². The van der Waals surface area contributed by atoms with Gasteiger partial charge in [0.05, 0.1) is 30.8 Å². The van der Waals surface area contributed by atoms with Gasteiger partial charge in [-0.05, 0) is 39.3 Å². The van der Waals surface area contributed by atoms with Gasteiger partial charge in [0.15, 0.2) is 5.65 Å². The minimum Gasteiger partial charge on any atom is -0.379 e. The van der Waals surface area contributed by atoms with Gasteiger partial charge in [0.2, 0.25) is 5.82 Å². The Morgan fingerprint density at radius 1 is 1.26 bits per heavy atom. The fourth-order valence-electron chi connectivity index (χ4n) is 4.25. The number of aromatic nitrogens is 4.